The number of rotatable bonds is 5. The lowest BCUT2D eigenvalue weighted by molar-refractivity contribution is 0.563. The minimum Gasteiger partial charge on any atom is -0.310 e. The van der Waals surface area contributed by atoms with E-state index in [0.717, 1.165) is 17.1 Å². The summed E-state index contributed by atoms with van der Waals surface area (Å²) in [7, 11) is 0. The first-order valence-corrected chi connectivity index (χ1v) is 20.0. The van der Waals surface area contributed by atoms with Crippen LogP contribution in [-0.2, 0) is 10.8 Å². The van der Waals surface area contributed by atoms with Crippen molar-refractivity contribution in [1.82, 2.24) is 0 Å². The Labute approximate surface area is 335 Å². The highest BCUT2D eigenvalue weighted by Gasteiger charge is 2.54. The van der Waals surface area contributed by atoms with Crippen molar-refractivity contribution in [3.8, 4) is 33.4 Å². The molecule has 11 rings (SSSR count). The van der Waals surface area contributed by atoms with Crippen LogP contribution in [-0.4, -0.2) is 0 Å². The topological polar surface area (TPSA) is 3.24 Å². The van der Waals surface area contributed by atoms with Gasteiger partial charge in [-0.3, -0.25) is 0 Å². The molecule has 0 aromatic heterocycles. The van der Waals surface area contributed by atoms with Gasteiger partial charge in [0.1, 0.15) is 0 Å². The highest BCUT2D eigenvalue weighted by molar-refractivity contribution is 5.97. The highest BCUT2D eigenvalue weighted by Crippen LogP contribution is 2.64. The van der Waals surface area contributed by atoms with Gasteiger partial charge in [0.25, 0.3) is 0 Å². The number of hydrogen-bond acceptors (Lipinski definition) is 1. The summed E-state index contributed by atoms with van der Waals surface area (Å²) in [4.78, 5) is 2.45. The van der Waals surface area contributed by atoms with Crippen molar-refractivity contribution in [1.29, 1.82) is 0 Å². The smallest absolute Gasteiger partial charge is 0.0720 e. The molecule has 1 spiro atoms. The van der Waals surface area contributed by atoms with E-state index in [1.807, 2.05) is 0 Å². The molecule has 0 fully saturated rings. The van der Waals surface area contributed by atoms with Gasteiger partial charge < -0.3 is 4.90 Å². The molecule has 0 amide bonds. The van der Waals surface area contributed by atoms with Crippen LogP contribution < -0.4 is 4.90 Å². The molecule has 1 unspecified atom stereocenters. The number of nitrogens with zero attached hydrogens (tertiary/aromatic N) is 1. The van der Waals surface area contributed by atoms with Gasteiger partial charge in [-0.25, -0.2) is 0 Å². The van der Waals surface area contributed by atoms with E-state index in [1.165, 1.54) is 77.5 Å². The molecule has 9 aromatic rings. The van der Waals surface area contributed by atoms with Crippen molar-refractivity contribution in [3.63, 3.8) is 0 Å². The third kappa shape index (κ3) is 4.95. The first-order valence-electron chi connectivity index (χ1n) is 20.0. The molecule has 0 bridgehead atoms. The second kappa shape index (κ2) is 12.8. The molecule has 1 atom stereocenters. The van der Waals surface area contributed by atoms with Crippen molar-refractivity contribution in [2.45, 2.75) is 24.7 Å². The molecule has 9 aromatic carbocycles. The first kappa shape index (κ1) is 33.4. The lowest BCUT2D eigenvalue weighted by atomic mass is 9.55. The van der Waals surface area contributed by atoms with Crippen molar-refractivity contribution < 1.29 is 0 Å². The van der Waals surface area contributed by atoms with E-state index in [9.17, 15) is 0 Å². The monoisotopic (exact) mass is 727 g/mol. The van der Waals surface area contributed by atoms with Gasteiger partial charge in [0.15, 0.2) is 0 Å². The molecule has 1 heteroatoms. The van der Waals surface area contributed by atoms with Crippen LogP contribution in [0.4, 0.5) is 17.1 Å². The average Bonchev–Trinajstić information content (AvgIpc) is 3.58. The van der Waals surface area contributed by atoms with E-state index in [2.05, 4.69) is 231 Å². The Bertz CT molecular complexity index is 2980. The van der Waals surface area contributed by atoms with Crippen LogP contribution in [0.25, 0.3) is 44.2 Å². The van der Waals surface area contributed by atoms with Gasteiger partial charge in [-0.05, 0) is 114 Å². The SMILES string of the molecule is CC1(C)c2ccccc2C2(c3ccccc3-c3c(-c4ccccc4)cccc32)c2cc(N(c3ccc(-c4ccccc4)cc3)c3ccc4ccccc4c3)ccc21. The summed E-state index contributed by atoms with van der Waals surface area (Å²) in [6, 6.07) is 78.8. The fourth-order valence-corrected chi connectivity index (χ4v) is 10.1. The van der Waals surface area contributed by atoms with Crippen LogP contribution in [0, 0.1) is 0 Å². The summed E-state index contributed by atoms with van der Waals surface area (Å²) in [5, 5.41) is 2.45. The highest BCUT2D eigenvalue weighted by atomic mass is 15.1. The van der Waals surface area contributed by atoms with E-state index in [-0.39, 0.29) is 5.41 Å². The van der Waals surface area contributed by atoms with E-state index in [0.29, 0.717) is 0 Å². The van der Waals surface area contributed by atoms with Crippen LogP contribution in [0.15, 0.2) is 212 Å². The van der Waals surface area contributed by atoms with Crippen molar-refractivity contribution in [2.75, 3.05) is 4.90 Å². The Balaban J connectivity index is 1.20. The Kier molecular flexibility index (Phi) is 7.50. The van der Waals surface area contributed by atoms with Gasteiger partial charge in [0, 0.05) is 22.5 Å². The quantitative estimate of drug-likeness (QED) is 0.171. The second-order valence-electron chi connectivity index (χ2n) is 16.1. The molecular formula is C56H41N. The number of fused-ring (bicyclic) bond motifs is 10. The van der Waals surface area contributed by atoms with Crippen LogP contribution >= 0.6 is 0 Å². The van der Waals surface area contributed by atoms with Crippen LogP contribution in [0.5, 0.6) is 0 Å². The zero-order chi connectivity index (χ0) is 38.1. The van der Waals surface area contributed by atoms with E-state index >= 15 is 0 Å². The Hall–Kier alpha value is -6.96. The van der Waals surface area contributed by atoms with Gasteiger partial charge >= 0.3 is 0 Å². The van der Waals surface area contributed by atoms with E-state index in [4.69, 9.17) is 0 Å². The normalized spacial score (nSPS) is 15.8. The van der Waals surface area contributed by atoms with E-state index < -0.39 is 5.41 Å². The molecule has 1 nitrogen and oxygen atoms in total. The molecular weight excluding hydrogens is 687 g/mol. The third-order valence-corrected chi connectivity index (χ3v) is 12.7. The second-order valence-corrected chi connectivity index (χ2v) is 16.1. The van der Waals surface area contributed by atoms with Gasteiger partial charge in [-0.2, -0.15) is 0 Å². The third-order valence-electron chi connectivity index (χ3n) is 12.7. The molecule has 0 radical (unpaired) electrons. The zero-order valence-electron chi connectivity index (χ0n) is 32.2. The lowest BCUT2D eigenvalue weighted by Gasteiger charge is -2.47. The van der Waals surface area contributed by atoms with Crippen molar-refractivity contribution in [3.05, 3.63) is 246 Å². The van der Waals surface area contributed by atoms with Crippen LogP contribution in [0.2, 0.25) is 0 Å². The predicted octanol–water partition coefficient (Wildman–Crippen LogP) is 14.6. The average molecular weight is 728 g/mol. The lowest BCUT2D eigenvalue weighted by Crippen LogP contribution is -2.40. The Morgan fingerprint density at radius 1 is 0.316 bits per heavy atom. The molecule has 57 heavy (non-hydrogen) atoms. The fourth-order valence-electron chi connectivity index (χ4n) is 10.1. The predicted molar refractivity (Wildman–Crippen MR) is 239 cm³/mol. The summed E-state index contributed by atoms with van der Waals surface area (Å²) >= 11 is 0. The van der Waals surface area contributed by atoms with Crippen LogP contribution in [0.3, 0.4) is 0 Å². The summed E-state index contributed by atoms with van der Waals surface area (Å²) < 4.78 is 0. The molecule has 0 saturated carbocycles. The van der Waals surface area contributed by atoms with Gasteiger partial charge in [-0.15, -0.1) is 0 Å². The standard InChI is InChI=1S/C56H41N/c1-55(2)49-25-13-14-26-51(49)56(48-24-12-11-22-47(48)54-46(23-15-27-52(54)56)41-19-7-4-8-20-41)53-37-45(34-35-50(53)55)57(44-33-30-39-18-9-10-21-42(39)36-44)43-31-28-40(29-32-43)38-16-5-3-6-17-38/h3-37H,1-2H3. The zero-order valence-corrected chi connectivity index (χ0v) is 32.2. The summed E-state index contributed by atoms with van der Waals surface area (Å²) in [6.45, 7) is 4.81. The number of anilines is 3. The van der Waals surface area contributed by atoms with Gasteiger partial charge in [0.05, 0.1) is 5.41 Å². The summed E-state index contributed by atoms with van der Waals surface area (Å²) in [6.07, 6.45) is 0. The molecule has 0 heterocycles. The number of benzene rings is 9. The molecule has 270 valence electrons. The minimum atomic E-state index is -0.527. The van der Waals surface area contributed by atoms with Crippen molar-refractivity contribution >= 4 is 27.8 Å². The van der Waals surface area contributed by atoms with Gasteiger partial charge in [0.2, 0.25) is 0 Å². The maximum absolute atomic E-state index is 2.52. The maximum atomic E-state index is 2.52. The minimum absolute atomic E-state index is 0.227. The van der Waals surface area contributed by atoms with Crippen molar-refractivity contribution in [2.24, 2.45) is 0 Å². The molecule has 0 saturated heterocycles. The summed E-state index contributed by atoms with van der Waals surface area (Å²) in [5.74, 6) is 0. The molecule has 2 aliphatic carbocycles. The van der Waals surface area contributed by atoms with Crippen LogP contribution in [0.1, 0.15) is 47.2 Å². The molecule has 0 aliphatic heterocycles. The number of hydrogen-bond donors (Lipinski definition) is 0. The van der Waals surface area contributed by atoms with Gasteiger partial charge in [-0.1, -0.05) is 190 Å². The maximum Gasteiger partial charge on any atom is 0.0720 e. The summed E-state index contributed by atoms with van der Waals surface area (Å²) in [5.41, 5.74) is 18.3. The van der Waals surface area contributed by atoms with E-state index in [1.54, 1.807) is 0 Å². The molecule has 0 N–H and O–H groups in total. The Morgan fingerprint density at radius 3 is 1.61 bits per heavy atom. The first-order chi connectivity index (χ1) is 28.0. The largest absolute Gasteiger partial charge is 0.310 e. The molecule has 2 aliphatic rings. The Morgan fingerprint density at radius 2 is 0.842 bits per heavy atom. The fraction of sp³-hybridized carbons (Fsp3) is 0.0714.